The summed E-state index contributed by atoms with van der Waals surface area (Å²) in [5.74, 6) is 3.39. The molecule has 0 radical (unpaired) electrons. The van der Waals surface area contributed by atoms with Crippen LogP contribution in [0.2, 0.25) is 0 Å². The molecule has 0 saturated heterocycles. The van der Waals surface area contributed by atoms with Crippen LogP contribution in [0, 0.1) is 35.5 Å². The van der Waals surface area contributed by atoms with E-state index in [0.29, 0.717) is 41.4 Å². The molecule has 1 aromatic carbocycles. The molecule has 0 aromatic heterocycles. The lowest BCUT2D eigenvalue weighted by Crippen LogP contribution is -2.15. The second-order valence-electron chi connectivity index (χ2n) is 16.1. The topological polar surface area (TPSA) is 12.4 Å². The van der Waals surface area contributed by atoms with Crippen LogP contribution < -0.4 is 0 Å². The SMILES string of the molecule is CC=CC(=CCC)C1C=C(C2=CC(c3cccc(C4=CC(C5C=CC=CCC5)CCC(C5=CCCC=C5)C4C)c3)CCC=C2)C=C(C2C=CN=CC2)C1. The van der Waals surface area contributed by atoms with Crippen molar-refractivity contribution in [1.29, 1.82) is 0 Å². The third kappa shape index (κ3) is 9.12. The minimum Gasteiger partial charge on any atom is -0.269 e. The van der Waals surface area contributed by atoms with Gasteiger partial charge in [-0.2, -0.15) is 0 Å². The Morgan fingerprint density at radius 3 is 2.58 bits per heavy atom. The average Bonchev–Trinajstić information content (AvgIpc) is 3.70. The van der Waals surface area contributed by atoms with Gasteiger partial charge in [-0.15, -0.1) is 0 Å². The van der Waals surface area contributed by atoms with Crippen LogP contribution in [0.4, 0.5) is 0 Å². The van der Waals surface area contributed by atoms with E-state index >= 15 is 0 Å². The maximum atomic E-state index is 4.40. The largest absolute Gasteiger partial charge is 0.269 e. The van der Waals surface area contributed by atoms with E-state index in [0.717, 1.165) is 32.1 Å². The molecular weight excluding hydrogens is 639 g/mol. The molecule has 7 unspecified atom stereocenters. The summed E-state index contributed by atoms with van der Waals surface area (Å²) >= 11 is 0. The lowest BCUT2D eigenvalue weighted by atomic mass is 9.76. The number of nitrogens with zero attached hydrogens (tertiary/aromatic N) is 1. The van der Waals surface area contributed by atoms with E-state index in [9.17, 15) is 0 Å². The summed E-state index contributed by atoms with van der Waals surface area (Å²) in [4.78, 5) is 4.40. The third-order valence-corrected chi connectivity index (χ3v) is 12.6. The molecule has 0 bridgehead atoms. The first-order chi connectivity index (χ1) is 26.1. The zero-order chi connectivity index (χ0) is 36.4. The van der Waals surface area contributed by atoms with Crippen molar-refractivity contribution in [3.63, 3.8) is 0 Å². The van der Waals surface area contributed by atoms with Crippen molar-refractivity contribution in [2.75, 3.05) is 0 Å². The highest BCUT2D eigenvalue weighted by Crippen LogP contribution is 2.45. The smallest absolute Gasteiger partial charge is 0.0230 e. The van der Waals surface area contributed by atoms with Crippen molar-refractivity contribution in [2.24, 2.45) is 40.5 Å². The molecule has 0 fully saturated rings. The van der Waals surface area contributed by atoms with Crippen LogP contribution in [0.3, 0.4) is 0 Å². The minimum absolute atomic E-state index is 0.370. The van der Waals surface area contributed by atoms with Gasteiger partial charge in [0.1, 0.15) is 0 Å². The van der Waals surface area contributed by atoms with Gasteiger partial charge in [0, 0.05) is 30.2 Å². The Kier molecular flexibility index (Phi) is 12.7. The standard InChI is InChI=1S/C52H61N/c1-4-16-39(17-5-2)48-34-49(41-28-30-53-31-29-41)36-50(35-48)45-23-14-13-22-43(32-45)44-24-15-25-47(33-44)52-37-46(40-18-9-6-7-10-19-40)26-27-51(38(52)3)42-20-11-8-12-21-42/h4,6-7,9,11,14-18,20-21,23-25,28,30-33,35-38,40-41,43,46,48,51H,5,8,10,12-13,19,22,26-27,29,34H2,1-3H3. The summed E-state index contributed by atoms with van der Waals surface area (Å²) in [5, 5.41) is 0. The molecule has 53 heavy (non-hydrogen) atoms. The van der Waals surface area contributed by atoms with Crippen molar-refractivity contribution in [1.82, 2.24) is 0 Å². The highest BCUT2D eigenvalue weighted by atomic mass is 14.7. The molecule has 0 saturated carbocycles. The van der Waals surface area contributed by atoms with Gasteiger partial charge in [-0.05, 0) is 140 Å². The normalized spacial score (nSPS) is 30.6. The first-order valence-electron chi connectivity index (χ1n) is 20.9. The first kappa shape index (κ1) is 37.1. The van der Waals surface area contributed by atoms with Gasteiger partial charge < -0.3 is 0 Å². The van der Waals surface area contributed by atoms with E-state index < -0.39 is 0 Å². The van der Waals surface area contributed by atoms with Gasteiger partial charge in [-0.3, -0.25) is 4.99 Å². The number of aliphatic imine (C=N–C) groups is 1. The zero-order valence-corrected chi connectivity index (χ0v) is 32.5. The molecule has 1 heterocycles. The second-order valence-corrected chi connectivity index (χ2v) is 16.1. The van der Waals surface area contributed by atoms with E-state index in [1.807, 2.05) is 6.20 Å². The lowest BCUT2D eigenvalue weighted by Gasteiger charge is -2.28. The average molecular weight is 700 g/mol. The molecule has 1 nitrogen and oxygen atoms in total. The number of hydrogen-bond donors (Lipinski definition) is 0. The van der Waals surface area contributed by atoms with E-state index in [-0.39, 0.29) is 0 Å². The quantitative estimate of drug-likeness (QED) is 0.228. The van der Waals surface area contributed by atoms with E-state index in [1.165, 1.54) is 71.9 Å². The van der Waals surface area contributed by atoms with Crippen molar-refractivity contribution >= 4 is 11.8 Å². The number of allylic oxidation sites excluding steroid dienone is 23. The molecule has 0 N–H and O–H groups in total. The zero-order valence-electron chi connectivity index (χ0n) is 32.5. The van der Waals surface area contributed by atoms with Gasteiger partial charge in [0.05, 0.1) is 0 Å². The molecule has 1 heteroatoms. The van der Waals surface area contributed by atoms with Crippen molar-refractivity contribution < 1.29 is 0 Å². The Labute approximate surface area is 321 Å². The molecule has 5 aliphatic carbocycles. The monoisotopic (exact) mass is 699 g/mol. The highest BCUT2D eigenvalue weighted by molar-refractivity contribution is 5.70. The van der Waals surface area contributed by atoms with Crippen molar-refractivity contribution in [3.05, 3.63) is 173 Å². The van der Waals surface area contributed by atoms with Crippen LogP contribution in [-0.2, 0) is 0 Å². The van der Waals surface area contributed by atoms with Crippen molar-refractivity contribution in [3.8, 4) is 0 Å². The molecule has 1 aromatic rings. The Hall–Kier alpha value is -4.23. The Balaban J connectivity index is 1.24. The summed E-state index contributed by atoms with van der Waals surface area (Å²) < 4.78 is 0. The fourth-order valence-corrected chi connectivity index (χ4v) is 9.74. The van der Waals surface area contributed by atoms with Crippen LogP contribution in [0.5, 0.6) is 0 Å². The summed E-state index contributed by atoms with van der Waals surface area (Å²) in [7, 11) is 0. The third-order valence-electron chi connectivity index (χ3n) is 12.6. The van der Waals surface area contributed by atoms with Gasteiger partial charge in [-0.1, -0.05) is 147 Å². The summed E-state index contributed by atoms with van der Waals surface area (Å²) in [6, 6.07) is 9.73. The predicted octanol–water partition coefficient (Wildman–Crippen LogP) is 14.3. The molecule has 1 aliphatic heterocycles. The number of hydrogen-bond acceptors (Lipinski definition) is 1. The van der Waals surface area contributed by atoms with Crippen molar-refractivity contribution in [2.45, 2.75) is 97.3 Å². The predicted molar refractivity (Wildman–Crippen MR) is 230 cm³/mol. The Morgan fingerprint density at radius 1 is 0.849 bits per heavy atom. The molecule has 6 aliphatic rings. The van der Waals surface area contributed by atoms with Gasteiger partial charge in [0.2, 0.25) is 0 Å². The maximum Gasteiger partial charge on any atom is 0.0230 e. The maximum absolute atomic E-state index is 4.40. The van der Waals surface area contributed by atoms with Crippen LogP contribution >= 0.6 is 0 Å². The van der Waals surface area contributed by atoms with E-state index in [1.54, 1.807) is 11.1 Å². The van der Waals surface area contributed by atoms with Gasteiger partial charge >= 0.3 is 0 Å². The van der Waals surface area contributed by atoms with Crippen LogP contribution in [0.25, 0.3) is 5.57 Å². The lowest BCUT2D eigenvalue weighted by molar-refractivity contribution is 0.379. The molecule has 7 rings (SSSR count). The molecular formula is C52H61N. The van der Waals surface area contributed by atoms with E-state index in [4.69, 9.17) is 0 Å². The Morgan fingerprint density at radius 2 is 1.75 bits per heavy atom. The van der Waals surface area contributed by atoms with Crippen LogP contribution in [-0.4, -0.2) is 6.21 Å². The molecule has 7 atom stereocenters. The molecule has 0 amide bonds. The van der Waals surface area contributed by atoms with Gasteiger partial charge in [-0.25, -0.2) is 0 Å². The minimum atomic E-state index is 0.370. The summed E-state index contributed by atoms with van der Waals surface area (Å²) in [6.45, 7) is 6.92. The molecule has 0 spiro atoms. The Bertz CT molecular complexity index is 1870. The summed E-state index contributed by atoms with van der Waals surface area (Å²) in [6.07, 6.45) is 58.0. The highest BCUT2D eigenvalue weighted by Gasteiger charge is 2.32. The second kappa shape index (κ2) is 18.2. The number of rotatable bonds is 9. The fourth-order valence-electron chi connectivity index (χ4n) is 9.74. The first-order valence-corrected chi connectivity index (χ1v) is 20.9. The fraction of sp³-hybridized carbons (Fsp3) is 0.404. The number of benzene rings is 1. The molecule has 274 valence electrons. The summed E-state index contributed by atoms with van der Waals surface area (Å²) in [5.41, 5.74) is 11.7. The van der Waals surface area contributed by atoms with Crippen LogP contribution in [0.15, 0.2) is 167 Å². The van der Waals surface area contributed by atoms with Gasteiger partial charge in [0.25, 0.3) is 0 Å². The van der Waals surface area contributed by atoms with Gasteiger partial charge in [0.15, 0.2) is 0 Å². The van der Waals surface area contributed by atoms with Crippen LogP contribution in [0.1, 0.15) is 108 Å². The van der Waals surface area contributed by atoms with E-state index in [2.05, 4.69) is 160 Å².